The molecule has 0 saturated carbocycles. The molecule has 0 atom stereocenters. The Kier molecular flexibility index (Phi) is 5.35. The molecule has 0 fully saturated rings. The number of ether oxygens (including phenoxy) is 3. The summed E-state index contributed by atoms with van der Waals surface area (Å²) in [5.74, 6) is 0.109. The van der Waals surface area contributed by atoms with E-state index >= 15 is 0 Å². The van der Waals surface area contributed by atoms with Gasteiger partial charge in [0.1, 0.15) is 13.2 Å². The first-order valence-corrected chi connectivity index (χ1v) is 8.81. The Morgan fingerprint density at radius 1 is 1.04 bits per heavy atom. The zero-order chi connectivity index (χ0) is 19.4. The number of nitrogens with one attached hydrogen (secondary N) is 1. The lowest BCUT2D eigenvalue weighted by Crippen LogP contribution is -2.23. The van der Waals surface area contributed by atoms with E-state index in [2.05, 4.69) is 26.1 Å². The van der Waals surface area contributed by atoms with Gasteiger partial charge in [-0.1, -0.05) is 39.0 Å². The quantitative estimate of drug-likeness (QED) is 0.835. The molecule has 0 radical (unpaired) electrons. The SMILES string of the molecule is CC(C)(C)c1ccccc1NC(=O)COC(=O)c1ccc2c(c1)OCCO2. The molecule has 1 aliphatic rings. The van der Waals surface area contributed by atoms with E-state index in [0.717, 1.165) is 5.56 Å². The molecule has 142 valence electrons. The van der Waals surface area contributed by atoms with E-state index < -0.39 is 11.9 Å². The van der Waals surface area contributed by atoms with Crippen LogP contribution in [0.1, 0.15) is 36.7 Å². The molecular weight excluding hydrogens is 346 g/mol. The van der Waals surface area contributed by atoms with Crippen molar-refractivity contribution < 1.29 is 23.8 Å². The smallest absolute Gasteiger partial charge is 0.338 e. The van der Waals surface area contributed by atoms with Gasteiger partial charge >= 0.3 is 5.97 Å². The van der Waals surface area contributed by atoms with Crippen molar-refractivity contribution in [2.24, 2.45) is 0 Å². The molecule has 2 aromatic rings. The third-order valence-corrected chi connectivity index (χ3v) is 4.12. The molecular formula is C21H23NO5. The summed E-state index contributed by atoms with van der Waals surface area (Å²) in [7, 11) is 0. The molecule has 1 amide bonds. The monoisotopic (exact) mass is 369 g/mol. The van der Waals surface area contributed by atoms with Crippen molar-refractivity contribution in [2.45, 2.75) is 26.2 Å². The predicted octanol–water partition coefficient (Wildman–Crippen LogP) is 3.55. The molecule has 2 aromatic carbocycles. The van der Waals surface area contributed by atoms with E-state index in [-0.39, 0.29) is 12.0 Å². The van der Waals surface area contributed by atoms with E-state index in [1.54, 1.807) is 18.2 Å². The minimum absolute atomic E-state index is 0.119. The fourth-order valence-electron chi connectivity index (χ4n) is 2.82. The number of hydrogen-bond donors (Lipinski definition) is 1. The maximum absolute atomic E-state index is 12.2. The van der Waals surface area contributed by atoms with Crippen LogP contribution in [0.4, 0.5) is 5.69 Å². The van der Waals surface area contributed by atoms with Gasteiger partial charge in [-0.3, -0.25) is 4.79 Å². The number of amides is 1. The van der Waals surface area contributed by atoms with Crippen LogP contribution in [-0.4, -0.2) is 31.7 Å². The highest BCUT2D eigenvalue weighted by Crippen LogP contribution is 2.31. The zero-order valence-corrected chi connectivity index (χ0v) is 15.7. The maximum Gasteiger partial charge on any atom is 0.338 e. The van der Waals surface area contributed by atoms with Gasteiger partial charge in [0.05, 0.1) is 5.56 Å². The minimum atomic E-state index is -0.591. The number of anilines is 1. The average molecular weight is 369 g/mol. The van der Waals surface area contributed by atoms with Crippen LogP contribution in [0.15, 0.2) is 42.5 Å². The number of carbonyl (C=O) groups is 2. The third kappa shape index (κ3) is 4.58. The predicted molar refractivity (Wildman–Crippen MR) is 101 cm³/mol. The van der Waals surface area contributed by atoms with Gasteiger partial charge in [0.15, 0.2) is 18.1 Å². The highest BCUT2D eigenvalue weighted by Gasteiger charge is 2.20. The van der Waals surface area contributed by atoms with E-state index in [0.29, 0.717) is 36.0 Å². The molecule has 3 rings (SSSR count). The van der Waals surface area contributed by atoms with Crippen molar-refractivity contribution in [3.63, 3.8) is 0 Å². The van der Waals surface area contributed by atoms with Crippen LogP contribution in [0.3, 0.4) is 0 Å². The summed E-state index contributed by atoms with van der Waals surface area (Å²) in [4.78, 5) is 24.4. The van der Waals surface area contributed by atoms with Crippen LogP contribution in [0, 0.1) is 0 Å². The van der Waals surface area contributed by atoms with Gasteiger partial charge in [-0.2, -0.15) is 0 Å². The molecule has 1 heterocycles. The first-order chi connectivity index (χ1) is 12.8. The number of rotatable bonds is 4. The van der Waals surface area contributed by atoms with Gasteiger partial charge in [-0.15, -0.1) is 0 Å². The normalized spacial score (nSPS) is 13.0. The second-order valence-corrected chi connectivity index (χ2v) is 7.28. The average Bonchev–Trinajstić information content (AvgIpc) is 2.65. The van der Waals surface area contributed by atoms with Crippen LogP contribution in [0.5, 0.6) is 11.5 Å². The van der Waals surface area contributed by atoms with Crippen molar-refractivity contribution >= 4 is 17.6 Å². The van der Waals surface area contributed by atoms with Gasteiger partial charge in [0.25, 0.3) is 5.91 Å². The number of fused-ring (bicyclic) bond motifs is 1. The standard InChI is InChI=1S/C21H23NO5/c1-21(2,3)15-6-4-5-7-16(15)22-19(23)13-27-20(24)14-8-9-17-18(12-14)26-11-10-25-17/h4-9,12H,10-11,13H2,1-3H3,(H,22,23). The maximum atomic E-state index is 12.2. The summed E-state index contributed by atoms with van der Waals surface area (Å²) < 4.78 is 16.0. The summed E-state index contributed by atoms with van der Waals surface area (Å²) >= 11 is 0. The van der Waals surface area contributed by atoms with Crippen molar-refractivity contribution in [1.29, 1.82) is 0 Å². The number of carbonyl (C=O) groups excluding carboxylic acids is 2. The Morgan fingerprint density at radius 3 is 2.48 bits per heavy atom. The lowest BCUT2D eigenvalue weighted by Gasteiger charge is -2.23. The first-order valence-electron chi connectivity index (χ1n) is 8.81. The van der Waals surface area contributed by atoms with E-state index in [9.17, 15) is 9.59 Å². The van der Waals surface area contributed by atoms with E-state index in [4.69, 9.17) is 14.2 Å². The number of hydrogen-bond acceptors (Lipinski definition) is 5. The van der Waals surface area contributed by atoms with Crippen LogP contribution in [0.2, 0.25) is 0 Å². The van der Waals surface area contributed by atoms with Crippen LogP contribution in [0.25, 0.3) is 0 Å². The van der Waals surface area contributed by atoms with Gasteiger partial charge in [-0.25, -0.2) is 4.79 Å². The molecule has 6 heteroatoms. The Balaban J connectivity index is 1.61. The summed E-state index contributed by atoms with van der Waals surface area (Å²) in [5.41, 5.74) is 1.91. The van der Waals surface area contributed by atoms with Crippen LogP contribution in [-0.2, 0) is 14.9 Å². The van der Waals surface area contributed by atoms with Crippen molar-refractivity contribution in [3.8, 4) is 11.5 Å². The zero-order valence-electron chi connectivity index (χ0n) is 15.7. The lowest BCUT2D eigenvalue weighted by molar-refractivity contribution is -0.119. The second-order valence-electron chi connectivity index (χ2n) is 7.28. The van der Waals surface area contributed by atoms with Gasteiger partial charge in [0, 0.05) is 5.69 Å². The van der Waals surface area contributed by atoms with Crippen LogP contribution >= 0.6 is 0 Å². The number of esters is 1. The van der Waals surface area contributed by atoms with Crippen LogP contribution < -0.4 is 14.8 Å². The molecule has 6 nitrogen and oxygen atoms in total. The molecule has 1 aliphatic heterocycles. The fraction of sp³-hybridized carbons (Fsp3) is 0.333. The molecule has 27 heavy (non-hydrogen) atoms. The first kappa shape index (κ1) is 18.8. The molecule has 0 spiro atoms. The molecule has 0 bridgehead atoms. The summed E-state index contributed by atoms with van der Waals surface area (Å²) in [5, 5.41) is 2.81. The van der Waals surface area contributed by atoms with Crippen molar-refractivity contribution in [1.82, 2.24) is 0 Å². The molecule has 0 saturated heterocycles. The summed E-state index contributed by atoms with van der Waals surface area (Å²) in [6, 6.07) is 12.4. The Hall–Kier alpha value is -3.02. The lowest BCUT2D eigenvalue weighted by atomic mass is 9.86. The van der Waals surface area contributed by atoms with Gasteiger partial charge < -0.3 is 19.5 Å². The number of para-hydroxylation sites is 1. The summed E-state index contributed by atoms with van der Waals surface area (Å²) in [6.07, 6.45) is 0. The van der Waals surface area contributed by atoms with Crippen molar-refractivity contribution in [3.05, 3.63) is 53.6 Å². The van der Waals surface area contributed by atoms with Crippen molar-refractivity contribution in [2.75, 3.05) is 25.1 Å². The minimum Gasteiger partial charge on any atom is -0.486 e. The Bertz CT molecular complexity index is 854. The second kappa shape index (κ2) is 7.70. The Morgan fingerprint density at radius 2 is 1.74 bits per heavy atom. The molecule has 0 aromatic heterocycles. The van der Waals surface area contributed by atoms with Gasteiger partial charge in [-0.05, 0) is 35.2 Å². The largest absolute Gasteiger partial charge is 0.486 e. The third-order valence-electron chi connectivity index (χ3n) is 4.12. The van der Waals surface area contributed by atoms with E-state index in [1.165, 1.54) is 0 Å². The molecule has 0 aliphatic carbocycles. The fourth-order valence-corrected chi connectivity index (χ4v) is 2.82. The molecule has 1 N–H and O–H groups in total. The topological polar surface area (TPSA) is 73.9 Å². The highest BCUT2D eigenvalue weighted by atomic mass is 16.6. The molecule has 0 unspecified atom stereocenters. The number of benzene rings is 2. The van der Waals surface area contributed by atoms with E-state index in [1.807, 2.05) is 24.3 Å². The highest BCUT2D eigenvalue weighted by molar-refractivity contribution is 5.96. The Labute approximate surface area is 158 Å². The van der Waals surface area contributed by atoms with Gasteiger partial charge in [0.2, 0.25) is 0 Å². The summed E-state index contributed by atoms with van der Waals surface area (Å²) in [6.45, 7) is 6.75.